The van der Waals surface area contributed by atoms with Crippen LogP contribution in [0.3, 0.4) is 0 Å². The monoisotopic (exact) mass is 122 g/mol. The molecule has 0 saturated carbocycles. The molecule has 0 unspecified atom stereocenters. The van der Waals surface area contributed by atoms with Crippen molar-refractivity contribution >= 4 is 0 Å². The van der Waals surface area contributed by atoms with Crippen molar-refractivity contribution in [2.24, 2.45) is 0 Å². The molecule has 0 fully saturated rings. The van der Waals surface area contributed by atoms with Gasteiger partial charge in [-0.3, -0.25) is 0 Å². The fraction of sp³-hybridized carbons (Fsp3) is 0.333. The first-order chi connectivity index (χ1) is 4.27. The Balaban J connectivity index is 3.47. The Labute approximate surface area is 57.6 Å². The molecule has 0 aromatic carbocycles. The molecule has 0 atom stereocenters. The first-order valence-electron chi connectivity index (χ1n) is 3.18. The highest BCUT2D eigenvalue weighted by Gasteiger charge is 1.68. The minimum absolute atomic E-state index is 0.962. The van der Waals surface area contributed by atoms with E-state index < -0.39 is 0 Å². The van der Waals surface area contributed by atoms with Crippen molar-refractivity contribution in [3.05, 3.63) is 36.5 Å². The lowest BCUT2D eigenvalue weighted by atomic mass is 10.3. The van der Waals surface area contributed by atoms with Gasteiger partial charge in [-0.2, -0.15) is 0 Å². The van der Waals surface area contributed by atoms with Gasteiger partial charge in [0.1, 0.15) is 0 Å². The molecule has 0 spiro atoms. The van der Waals surface area contributed by atoms with Crippen LogP contribution < -0.4 is 0 Å². The molecule has 0 radical (unpaired) electrons. The Hall–Kier alpha value is -0.780. The van der Waals surface area contributed by atoms with Gasteiger partial charge in [0.25, 0.3) is 0 Å². The van der Waals surface area contributed by atoms with Crippen LogP contribution in [0.15, 0.2) is 36.5 Å². The normalized spacial score (nSPS) is 9.56. The third-order valence-corrected chi connectivity index (χ3v) is 0.868. The van der Waals surface area contributed by atoms with E-state index in [0.29, 0.717) is 0 Å². The van der Waals surface area contributed by atoms with Crippen molar-refractivity contribution in [2.75, 3.05) is 0 Å². The lowest BCUT2D eigenvalue weighted by Crippen LogP contribution is -1.59. The average molecular weight is 122 g/mol. The Bertz CT molecular complexity index is 123. The van der Waals surface area contributed by atoms with E-state index >= 15 is 0 Å². The van der Waals surface area contributed by atoms with E-state index in [-0.39, 0.29) is 0 Å². The molecule has 0 aliphatic heterocycles. The molecule has 0 heterocycles. The fourth-order valence-electron chi connectivity index (χ4n) is 0.435. The molecule has 50 valence electrons. The number of hydrogen-bond acceptors (Lipinski definition) is 0. The molecule has 0 bridgehead atoms. The summed E-state index contributed by atoms with van der Waals surface area (Å²) in [6, 6.07) is 0. The molecular formula is C9H14. The molecule has 0 nitrogen and oxygen atoms in total. The number of allylic oxidation sites excluding steroid dienone is 5. The van der Waals surface area contributed by atoms with E-state index in [2.05, 4.69) is 38.7 Å². The largest absolute Gasteiger partial charge is 0.103 e. The van der Waals surface area contributed by atoms with Gasteiger partial charge >= 0.3 is 0 Å². The van der Waals surface area contributed by atoms with E-state index in [9.17, 15) is 0 Å². The molecular weight excluding hydrogens is 108 g/mol. The van der Waals surface area contributed by atoms with Crippen LogP contribution in [0.25, 0.3) is 0 Å². The number of hydrogen-bond donors (Lipinski definition) is 0. The zero-order valence-electron chi connectivity index (χ0n) is 6.22. The lowest BCUT2D eigenvalue weighted by molar-refractivity contribution is 1.37. The molecule has 0 N–H and O–H groups in total. The van der Waals surface area contributed by atoms with Gasteiger partial charge in [0.05, 0.1) is 0 Å². The fourth-order valence-corrected chi connectivity index (χ4v) is 0.435. The standard InChI is InChI=1S/C9H14/c1-4-5-6-7-8-9(2)3/h4,6-8H,1,5H2,2-3H3/b7-6-. The predicted molar refractivity (Wildman–Crippen MR) is 43.4 cm³/mol. The maximum absolute atomic E-state index is 3.61. The third kappa shape index (κ3) is 7.22. The van der Waals surface area contributed by atoms with Crippen LogP contribution >= 0.6 is 0 Å². The highest BCUT2D eigenvalue weighted by atomic mass is 13.8. The van der Waals surface area contributed by atoms with Gasteiger partial charge in [-0.25, -0.2) is 0 Å². The quantitative estimate of drug-likeness (QED) is 0.398. The van der Waals surface area contributed by atoms with Crippen LogP contribution in [0.1, 0.15) is 20.3 Å². The summed E-state index contributed by atoms with van der Waals surface area (Å²) in [5.74, 6) is 0. The molecule has 0 amide bonds. The maximum atomic E-state index is 3.61. The molecule has 0 aliphatic rings. The van der Waals surface area contributed by atoms with Crippen molar-refractivity contribution in [1.29, 1.82) is 0 Å². The summed E-state index contributed by atoms with van der Waals surface area (Å²) in [7, 11) is 0. The topological polar surface area (TPSA) is 0 Å². The van der Waals surface area contributed by atoms with Crippen molar-refractivity contribution in [3.63, 3.8) is 0 Å². The van der Waals surface area contributed by atoms with Crippen molar-refractivity contribution in [3.8, 4) is 0 Å². The lowest BCUT2D eigenvalue weighted by Gasteiger charge is -1.80. The minimum Gasteiger partial charge on any atom is -0.103 e. The van der Waals surface area contributed by atoms with E-state index in [1.165, 1.54) is 5.57 Å². The first kappa shape index (κ1) is 8.22. The molecule has 0 heteroatoms. The summed E-state index contributed by atoms with van der Waals surface area (Å²) < 4.78 is 0. The minimum atomic E-state index is 0.962. The zero-order chi connectivity index (χ0) is 7.11. The summed E-state index contributed by atoms with van der Waals surface area (Å²) >= 11 is 0. The summed E-state index contributed by atoms with van der Waals surface area (Å²) in [5, 5.41) is 0. The molecule has 0 aromatic heterocycles. The smallest absolute Gasteiger partial charge is 0.0169 e. The Morgan fingerprint density at radius 2 is 2.11 bits per heavy atom. The van der Waals surface area contributed by atoms with Crippen LogP contribution in [0.4, 0.5) is 0 Å². The summed E-state index contributed by atoms with van der Waals surface area (Å²) in [6.45, 7) is 7.77. The zero-order valence-corrected chi connectivity index (χ0v) is 6.22. The number of rotatable bonds is 3. The van der Waals surface area contributed by atoms with Gasteiger partial charge in [0, 0.05) is 0 Å². The van der Waals surface area contributed by atoms with Crippen LogP contribution in [-0.4, -0.2) is 0 Å². The van der Waals surface area contributed by atoms with Gasteiger partial charge in [-0.1, -0.05) is 29.9 Å². The predicted octanol–water partition coefficient (Wildman–Crippen LogP) is 3.08. The second-order valence-corrected chi connectivity index (χ2v) is 2.20. The van der Waals surface area contributed by atoms with Crippen molar-refractivity contribution in [1.82, 2.24) is 0 Å². The summed E-state index contributed by atoms with van der Waals surface area (Å²) in [6.07, 6.45) is 9.07. The highest BCUT2D eigenvalue weighted by Crippen LogP contribution is 1.90. The van der Waals surface area contributed by atoms with Gasteiger partial charge in [0.15, 0.2) is 0 Å². The highest BCUT2D eigenvalue weighted by molar-refractivity contribution is 5.08. The van der Waals surface area contributed by atoms with Gasteiger partial charge in [-0.15, -0.1) is 6.58 Å². The second-order valence-electron chi connectivity index (χ2n) is 2.20. The van der Waals surface area contributed by atoms with E-state index in [0.717, 1.165) is 6.42 Å². The molecule has 0 rings (SSSR count). The van der Waals surface area contributed by atoms with Crippen molar-refractivity contribution < 1.29 is 0 Å². The van der Waals surface area contributed by atoms with Crippen LogP contribution in [0.2, 0.25) is 0 Å². The average Bonchev–Trinajstić information content (AvgIpc) is 1.80. The molecule has 9 heavy (non-hydrogen) atoms. The van der Waals surface area contributed by atoms with Gasteiger partial charge < -0.3 is 0 Å². The molecule has 0 aromatic rings. The summed E-state index contributed by atoms with van der Waals surface area (Å²) in [5.41, 5.74) is 1.33. The third-order valence-electron chi connectivity index (χ3n) is 0.868. The summed E-state index contributed by atoms with van der Waals surface area (Å²) in [4.78, 5) is 0. The molecule has 0 aliphatic carbocycles. The first-order valence-corrected chi connectivity index (χ1v) is 3.18. The maximum Gasteiger partial charge on any atom is -0.0169 e. The van der Waals surface area contributed by atoms with Crippen LogP contribution in [-0.2, 0) is 0 Å². The Morgan fingerprint density at radius 1 is 1.44 bits per heavy atom. The van der Waals surface area contributed by atoms with Crippen molar-refractivity contribution in [2.45, 2.75) is 20.3 Å². The van der Waals surface area contributed by atoms with Crippen LogP contribution in [0, 0.1) is 0 Å². The Morgan fingerprint density at radius 3 is 2.56 bits per heavy atom. The molecule has 0 saturated heterocycles. The SMILES string of the molecule is C=CC/C=C\C=C(C)C. The second kappa shape index (κ2) is 5.36. The Kier molecular flexibility index (Phi) is 4.89. The van der Waals surface area contributed by atoms with E-state index in [1.54, 1.807) is 0 Å². The van der Waals surface area contributed by atoms with Crippen LogP contribution in [0.5, 0.6) is 0 Å². The van der Waals surface area contributed by atoms with E-state index in [4.69, 9.17) is 0 Å². The van der Waals surface area contributed by atoms with Gasteiger partial charge in [0.2, 0.25) is 0 Å². The van der Waals surface area contributed by atoms with Gasteiger partial charge in [-0.05, 0) is 20.3 Å². The van der Waals surface area contributed by atoms with E-state index in [1.807, 2.05) is 6.08 Å².